The number of aliphatic hydroxyl groups is 6. The van der Waals surface area contributed by atoms with Crippen molar-refractivity contribution in [2.24, 2.45) is 0 Å². The molecular formula is C25H34F3N2Na2O19S3+. The van der Waals surface area contributed by atoms with Crippen molar-refractivity contribution in [3.05, 3.63) is 54.1 Å². The van der Waals surface area contributed by atoms with Crippen LogP contribution in [0.5, 0.6) is 0 Å². The van der Waals surface area contributed by atoms with Crippen LogP contribution >= 0.6 is 0 Å². The van der Waals surface area contributed by atoms with Gasteiger partial charge < -0.3 is 54.5 Å². The number of halogens is 3. The first kappa shape index (κ1) is 52.4. The second kappa shape index (κ2) is 24.9. The molecule has 2 fully saturated rings. The summed E-state index contributed by atoms with van der Waals surface area (Å²) in [6.07, 6.45) is 0.242. The molecule has 0 aromatic carbocycles. The minimum atomic E-state index is -5.84. The third-order valence-corrected chi connectivity index (χ3v) is 8.11. The Morgan fingerprint density at radius 2 is 1.41 bits per heavy atom. The third kappa shape index (κ3) is 16.1. The Morgan fingerprint density at radius 3 is 1.81 bits per heavy atom. The number of allylic oxidation sites excluding steroid dienone is 1. The van der Waals surface area contributed by atoms with Crippen molar-refractivity contribution in [3.8, 4) is 0 Å². The molecule has 2 unspecified atom stereocenters. The molecule has 29 heteroatoms. The number of methoxy groups -OCH3 is 2. The monoisotopic (exact) mass is 865 g/mol. The Morgan fingerprint density at radius 1 is 0.926 bits per heavy atom. The fourth-order valence-corrected chi connectivity index (χ4v) is 4.14. The van der Waals surface area contributed by atoms with Gasteiger partial charge >= 0.3 is 89.7 Å². The zero-order valence-corrected chi connectivity index (χ0v) is 35.0. The first-order chi connectivity index (χ1) is 25.1. The van der Waals surface area contributed by atoms with Crippen molar-refractivity contribution in [1.29, 1.82) is 0 Å². The molecule has 1 aromatic rings. The molecule has 1 aromatic heterocycles. The molecule has 0 aliphatic carbocycles. The van der Waals surface area contributed by atoms with E-state index in [1.807, 2.05) is 0 Å². The Balaban J connectivity index is 0.000000752. The first-order valence-corrected chi connectivity index (χ1v) is 27.0. The van der Waals surface area contributed by atoms with Crippen molar-refractivity contribution < 1.29 is 107 Å². The fourth-order valence-electron chi connectivity index (χ4n) is 4.14. The van der Waals surface area contributed by atoms with Crippen LogP contribution in [-0.2, 0) is 52.4 Å². The van der Waals surface area contributed by atoms with Gasteiger partial charge in [-0.05, 0) is 6.07 Å². The van der Waals surface area contributed by atoms with Crippen LogP contribution in [0.1, 0.15) is 23.0 Å². The zero-order chi connectivity index (χ0) is 42.1. The molecule has 3 aliphatic rings. The van der Waals surface area contributed by atoms with Gasteiger partial charge in [-0.15, -0.1) is 0 Å². The van der Waals surface area contributed by atoms with E-state index in [2.05, 4.69) is 9.47 Å². The van der Waals surface area contributed by atoms with Gasteiger partial charge in [0.1, 0.15) is 36.1 Å². The molecule has 298 valence electrons. The average molecular weight is 866 g/mol. The Labute approximate surface area is 335 Å². The molecule has 7 N–H and O–H groups in total. The van der Waals surface area contributed by atoms with Gasteiger partial charge in [0, 0.05) is 24.9 Å². The number of aromatic nitrogens is 1. The van der Waals surface area contributed by atoms with Gasteiger partial charge in [-0.3, -0.25) is 4.55 Å². The van der Waals surface area contributed by atoms with Gasteiger partial charge in [-0.25, -0.2) is 9.59 Å². The molecule has 0 bridgehead atoms. The number of aliphatic hydroxyl groups excluding tert-OH is 6. The van der Waals surface area contributed by atoms with Crippen LogP contribution in [0.4, 0.5) is 13.2 Å². The van der Waals surface area contributed by atoms with Crippen molar-refractivity contribution in [2.45, 2.75) is 61.0 Å². The number of esters is 2. The molecule has 2 saturated heterocycles. The van der Waals surface area contributed by atoms with Crippen molar-refractivity contribution in [1.82, 2.24) is 4.90 Å². The van der Waals surface area contributed by atoms with Gasteiger partial charge in [0.2, 0.25) is 0 Å². The molecule has 0 saturated carbocycles. The quantitative estimate of drug-likeness (QED) is 0.0465. The Hall–Kier alpha value is -1.61. The number of rotatable bonds is 6. The van der Waals surface area contributed by atoms with Crippen LogP contribution in [0, 0.1) is 0 Å². The molecule has 4 rings (SSSR count). The summed E-state index contributed by atoms with van der Waals surface area (Å²) in [5.74, 6) is -0.970. The normalized spacial score (nSPS) is 25.8. The Kier molecular flexibility index (Phi) is 24.2. The van der Waals surface area contributed by atoms with Crippen LogP contribution in [0.2, 0.25) is 0 Å². The second-order valence-electron chi connectivity index (χ2n) is 10.0. The van der Waals surface area contributed by atoms with Gasteiger partial charge in [0.15, 0.2) is 24.7 Å². The number of pyridine rings is 1. The van der Waals surface area contributed by atoms with E-state index in [-0.39, 0.29) is 6.61 Å². The summed E-state index contributed by atoms with van der Waals surface area (Å²) >= 11 is 2.89. The zero-order valence-electron chi connectivity index (χ0n) is 28.6. The number of carbonyl (C=O) groups is 2. The summed E-state index contributed by atoms with van der Waals surface area (Å²) in [5, 5.41) is 57.2. The summed E-state index contributed by atoms with van der Waals surface area (Å²) in [5.41, 5.74) is -4.82. The maximum absolute atomic E-state index is 11.4. The average Bonchev–Trinajstić information content (AvgIpc) is 3.60. The van der Waals surface area contributed by atoms with Crippen LogP contribution in [0.25, 0.3) is 0 Å². The van der Waals surface area contributed by atoms with Crippen LogP contribution in [0.15, 0.2) is 48.6 Å². The van der Waals surface area contributed by atoms with E-state index in [4.69, 9.17) is 49.5 Å². The fraction of sp³-hybridized carbons (Fsp3) is 0.560. The number of hydrogen-bond acceptors (Lipinski definition) is 19. The number of ether oxygens (including phenoxy) is 4. The summed E-state index contributed by atoms with van der Waals surface area (Å²) in [6, 6.07) is 3.16. The molecule has 21 nitrogen and oxygen atoms in total. The summed E-state index contributed by atoms with van der Waals surface area (Å²) in [6.45, 7) is -0.786. The van der Waals surface area contributed by atoms with E-state index < -0.39 is 102 Å². The van der Waals surface area contributed by atoms with E-state index in [1.165, 1.54) is 79.7 Å². The molecule has 8 atom stereocenters. The molecule has 0 amide bonds. The first-order valence-electron chi connectivity index (χ1n) is 14.9. The van der Waals surface area contributed by atoms with E-state index in [9.17, 15) is 43.2 Å². The maximum atomic E-state index is 11.4. The predicted molar refractivity (Wildman–Crippen MR) is 171 cm³/mol. The molecule has 0 radical (unpaired) electrons. The molecule has 0 spiro atoms. The summed E-state index contributed by atoms with van der Waals surface area (Å²) < 4.78 is 115. The second-order valence-corrected chi connectivity index (χ2v) is 13.9. The van der Waals surface area contributed by atoms with E-state index in [1.54, 1.807) is 30.6 Å². The van der Waals surface area contributed by atoms with Gasteiger partial charge in [0.05, 0.1) is 33.0 Å². The topological polar surface area (TPSA) is 322 Å². The van der Waals surface area contributed by atoms with E-state index in [0.717, 1.165) is 0 Å². The standard InChI is InChI=1S/C12H17NO6.C12H16NO6.CHF3O3S.2Na.O4S2/c2*1-18-12(17)7-3-2-4-13(5-7)11-10(16)9(15)8(6-14)19-11;2-1(3,4)8(5,6)7;;;1-5(2)6(3)4/h2,4-5,8-11,14-16H,3,6H2,1H3;2-5,8-11,14-16H,6H2,1H3;(H,5,6,7);;;/q;+1;;;;/t2*8-,9+,10?,11-;;;;/m11..../s1. The molecule has 3 aliphatic heterocycles. The molecule has 4 heterocycles. The summed E-state index contributed by atoms with van der Waals surface area (Å²) in [4.78, 5) is 24.4. The van der Waals surface area contributed by atoms with E-state index in [0.29, 0.717) is 17.6 Å². The van der Waals surface area contributed by atoms with Crippen molar-refractivity contribution in [2.75, 3.05) is 27.4 Å². The molecular weight excluding hydrogens is 831 g/mol. The van der Waals surface area contributed by atoms with Crippen LogP contribution in [-0.4, -0.2) is 197 Å². The van der Waals surface area contributed by atoms with Crippen LogP contribution in [0.3, 0.4) is 0 Å². The van der Waals surface area contributed by atoms with E-state index >= 15 is 0 Å². The predicted octanol–water partition coefficient (Wildman–Crippen LogP) is -4.63. The number of hydrogen-bond donors (Lipinski definition) is 7. The number of alkyl halides is 3. The van der Waals surface area contributed by atoms with Crippen LogP contribution < -0.4 is 4.57 Å². The molecule has 54 heavy (non-hydrogen) atoms. The number of nitrogens with zero attached hydrogens (tertiary/aromatic N) is 2. The summed E-state index contributed by atoms with van der Waals surface area (Å²) in [7, 11) is -9.18. The minimum absolute atomic E-state index is 0.294. The van der Waals surface area contributed by atoms with Gasteiger partial charge in [-0.1, -0.05) is 6.08 Å². The van der Waals surface area contributed by atoms with Gasteiger partial charge in [-0.2, -0.15) is 43.0 Å². The van der Waals surface area contributed by atoms with Crippen molar-refractivity contribution >= 4 is 84.2 Å². The number of carbonyl (C=O) groups excluding carboxylic acids is 2. The third-order valence-electron chi connectivity index (χ3n) is 6.64. The Bertz CT molecular complexity index is 1770. The van der Waals surface area contributed by atoms with Crippen molar-refractivity contribution in [3.63, 3.8) is 0 Å². The SMILES string of the molecule is COC(=O)C1=CN([C@@H]2O[C@H](CO)[C@H](O)C2O)C=CC1.COC(=O)c1ccc[n+]([C@@H]2O[C@H](CO)[C@H](O)C2O)c1.O=S(=O)(O)C(F)(F)F.O=S(=O)=S(=O)=O.[Na][Na]. The van der Waals surface area contributed by atoms with Gasteiger partial charge in [0.25, 0.3) is 6.23 Å².